The van der Waals surface area contributed by atoms with Crippen molar-refractivity contribution in [3.63, 3.8) is 0 Å². The summed E-state index contributed by atoms with van der Waals surface area (Å²) < 4.78 is 0. The van der Waals surface area contributed by atoms with Crippen LogP contribution in [0.3, 0.4) is 0 Å². The van der Waals surface area contributed by atoms with Gasteiger partial charge in [-0.1, -0.05) is 23.8 Å². The van der Waals surface area contributed by atoms with Crippen LogP contribution in [0.5, 0.6) is 0 Å². The van der Waals surface area contributed by atoms with Gasteiger partial charge >= 0.3 is 0 Å². The quantitative estimate of drug-likeness (QED) is 0.636. The molecule has 4 atom stereocenters. The van der Waals surface area contributed by atoms with E-state index in [-0.39, 0.29) is 41.4 Å². The maximum atomic E-state index is 12.9. The molecule has 0 spiro atoms. The number of amides is 3. The number of benzene rings is 2. The number of halogens is 1. The molecular weight excluding hydrogens is 376 g/mol. The molecule has 3 aliphatic rings. The summed E-state index contributed by atoms with van der Waals surface area (Å²) in [7, 11) is 0. The van der Waals surface area contributed by atoms with Crippen LogP contribution in [0, 0.1) is 23.7 Å². The molecule has 2 bridgehead atoms. The summed E-state index contributed by atoms with van der Waals surface area (Å²) in [5.74, 6) is -0.602. The fraction of sp³-hybridized carbons (Fsp3) is 0.227. The molecule has 28 heavy (non-hydrogen) atoms. The van der Waals surface area contributed by atoms with Gasteiger partial charge in [-0.25, -0.2) is 0 Å². The topological polar surface area (TPSA) is 66.5 Å². The van der Waals surface area contributed by atoms with Gasteiger partial charge in [0.15, 0.2) is 0 Å². The van der Waals surface area contributed by atoms with Gasteiger partial charge < -0.3 is 5.32 Å². The Bertz CT molecular complexity index is 983. The Kier molecular flexibility index (Phi) is 3.88. The van der Waals surface area contributed by atoms with Gasteiger partial charge in [-0.2, -0.15) is 0 Å². The van der Waals surface area contributed by atoms with E-state index in [0.29, 0.717) is 22.0 Å². The number of hydrogen-bond acceptors (Lipinski definition) is 3. The number of imide groups is 1. The molecule has 2 aromatic carbocycles. The minimum Gasteiger partial charge on any atom is -0.322 e. The molecule has 1 saturated heterocycles. The standard InChI is InChI=1S/C22H17ClN2O3/c23-15-5-7-16(8-6-15)24-20(26)12-3-9-17(10-4-12)25-21(27)18-13-1-2-14(11-13)19(18)22(25)28/h1-10,13-14,18-19H,11H2,(H,24,26)/t13-,14-,18-,19+/m0/s1. The van der Waals surface area contributed by atoms with Crippen molar-refractivity contribution in [2.45, 2.75) is 6.42 Å². The smallest absolute Gasteiger partial charge is 0.255 e. The van der Waals surface area contributed by atoms with E-state index >= 15 is 0 Å². The molecule has 0 aromatic heterocycles. The van der Waals surface area contributed by atoms with Crippen molar-refractivity contribution >= 4 is 40.7 Å². The van der Waals surface area contributed by atoms with E-state index in [1.165, 1.54) is 4.90 Å². The highest BCUT2D eigenvalue weighted by molar-refractivity contribution is 6.30. The van der Waals surface area contributed by atoms with Gasteiger partial charge in [-0.3, -0.25) is 19.3 Å². The van der Waals surface area contributed by atoms with Crippen molar-refractivity contribution in [2.75, 3.05) is 10.2 Å². The zero-order valence-corrected chi connectivity index (χ0v) is 15.6. The highest BCUT2D eigenvalue weighted by Crippen LogP contribution is 2.53. The third-order valence-corrected chi connectivity index (χ3v) is 6.21. The lowest BCUT2D eigenvalue weighted by molar-refractivity contribution is -0.123. The Labute approximate surface area is 167 Å². The molecule has 6 heteroatoms. The van der Waals surface area contributed by atoms with Crippen LogP contribution in [0.2, 0.25) is 5.02 Å². The SMILES string of the molecule is O=C(Nc1ccc(Cl)cc1)c1ccc(N2C(=O)[C@@H]3[C@H](C2=O)[C@H]2C=C[C@H]3C2)cc1. The summed E-state index contributed by atoms with van der Waals surface area (Å²) in [5.41, 5.74) is 1.60. The van der Waals surface area contributed by atoms with Crippen molar-refractivity contribution in [2.24, 2.45) is 23.7 Å². The van der Waals surface area contributed by atoms with E-state index in [1.54, 1.807) is 48.5 Å². The average molecular weight is 393 g/mol. The summed E-state index contributed by atoms with van der Waals surface area (Å²) in [4.78, 5) is 39.4. The van der Waals surface area contributed by atoms with Crippen LogP contribution in [0.25, 0.3) is 0 Å². The van der Waals surface area contributed by atoms with E-state index in [1.807, 2.05) is 0 Å². The summed E-state index contributed by atoms with van der Waals surface area (Å²) >= 11 is 5.85. The number of fused-ring (bicyclic) bond motifs is 5. The highest BCUT2D eigenvalue weighted by Gasteiger charge is 2.59. The van der Waals surface area contributed by atoms with Crippen LogP contribution in [0.15, 0.2) is 60.7 Å². The van der Waals surface area contributed by atoms with Gasteiger partial charge in [0.05, 0.1) is 17.5 Å². The molecule has 2 aliphatic carbocycles. The van der Waals surface area contributed by atoms with Gasteiger partial charge in [0.25, 0.3) is 5.91 Å². The minimum atomic E-state index is -0.271. The van der Waals surface area contributed by atoms with Crippen molar-refractivity contribution in [1.29, 1.82) is 0 Å². The second-order valence-corrected chi connectivity index (χ2v) is 7.96. The van der Waals surface area contributed by atoms with Gasteiger partial charge in [0.2, 0.25) is 11.8 Å². The van der Waals surface area contributed by atoms with Crippen LogP contribution < -0.4 is 10.2 Å². The van der Waals surface area contributed by atoms with Crippen molar-refractivity contribution < 1.29 is 14.4 Å². The summed E-state index contributed by atoms with van der Waals surface area (Å²) in [5, 5.41) is 3.38. The monoisotopic (exact) mass is 392 g/mol. The van der Waals surface area contributed by atoms with Crippen molar-refractivity contribution in [3.05, 3.63) is 71.3 Å². The van der Waals surface area contributed by atoms with Crippen LogP contribution >= 0.6 is 11.6 Å². The lowest BCUT2D eigenvalue weighted by atomic mass is 9.85. The summed E-state index contributed by atoms with van der Waals surface area (Å²) in [6, 6.07) is 13.4. The minimum absolute atomic E-state index is 0.120. The third-order valence-electron chi connectivity index (χ3n) is 5.96. The van der Waals surface area contributed by atoms with Gasteiger partial charge in [-0.15, -0.1) is 0 Å². The average Bonchev–Trinajstić information content (AvgIpc) is 3.38. The van der Waals surface area contributed by atoms with Gasteiger partial charge in [0, 0.05) is 16.3 Å². The molecule has 2 aromatic rings. The second-order valence-electron chi connectivity index (χ2n) is 7.52. The highest BCUT2D eigenvalue weighted by atomic mass is 35.5. The fourth-order valence-corrected chi connectivity index (χ4v) is 4.78. The number of carbonyl (C=O) groups excluding carboxylic acids is 3. The zero-order chi connectivity index (χ0) is 19.4. The molecule has 0 radical (unpaired) electrons. The molecule has 2 fully saturated rings. The molecule has 5 rings (SSSR count). The van der Waals surface area contributed by atoms with E-state index < -0.39 is 0 Å². The van der Waals surface area contributed by atoms with Gasteiger partial charge in [0.1, 0.15) is 0 Å². The number of hydrogen-bond donors (Lipinski definition) is 1. The molecule has 1 N–H and O–H groups in total. The Hall–Kier alpha value is -2.92. The van der Waals surface area contributed by atoms with Crippen LogP contribution in [-0.4, -0.2) is 17.7 Å². The zero-order valence-electron chi connectivity index (χ0n) is 14.8. The number of carbonyl (C=O) groups is 3. The van der Waals surface area contributed by atoms with E-state index in [0.717, 1.165) is 6.42 Å². The Morgan fingerprint density at radius 2 is 1.46 bits per heavy atom. The second kappa shape index (κ2) is 6.31. The van der Waals surface area contributed by atoms with E-state index in [4.69, 9.17) is 11.6 Å². The molecule has 0 unspecified atom stereocenters. The molecule has 1 saturated carbocycles. The number of anilines is 2. The predicted molar refractivity (Wildman–Crippen MR) is 106 cm³/mol. The largest absolute Gasteiger partial charge is 0.322 e. The molecule has 5 nitrogen and oxygen atoms in total. The number of allylic oxidation sites excluding steroid dienone is 2. The molecule has 3 amide bonds. The number of rotatable bonds is 3. The van der Waals surface area contributed by atoms with Gasteiger partial charge in [-0.05, 0) is 66.8 Å². The molecule has 140 valence electrons. The summed E-state index contributed by atoms with van der Waals surface area (Å²) in [6.45, 7) is 0. The first-order chi connectivity index (χ1) is 13.5. The number of nitrogens with zero attached hydrogens (tertiary/aromatic N) is 1. The maximum Gasteiger partial charge on any atom is 0.255 e. The van der Waals surface area contributed by atoms with E-state index in [2.05, 4.69) is 17.5 Å². The third kappa shape index (κ3) is 2.58. The maximum absolute atomic E-state index is 12.9. The number of nitrogens with one attached hydrogen (secondary N) is 1. The van der Waals surface area contributed by atoms with Crippen LogP contribution in [-0.2, 0) is 9.59 Å². The van der Waals surface area contributed by atoms with Crippen molar-refractivity contribution in [3.8, 4) is 0 Å². The molecule has 1 heterocycles. The first-order valence-corrected chi connectivity index (χ1v) is 9.64. The fourth-order valence-electron chi connectivity index (χ4n) is 4.66. The molecular formula is C22H17ClN2O3. The summed E-state index contributed by atoms with van der Waals surface area (Å²) in [6.07, 6.45) is 5.06. The Morgan fingerprint density at radius 3 is 2.04 bits per heavy atom. The van der Waals surface area contributed by atoms with E-state index in [9.17, 15) is 14.4 Å². The van der Waals surface area contributed by atoms with Crippen LogP contribution in [0.1, 0.15) is 16.8 Å². The lowest BCUT2D eigenvalue weighted by Gasteiger charge is -2.17. The Morgan fingerprint density at radius 1 is 0.893 bits per heavy atom. The Balaban J connectivity index is 1.34. The first-order valence-electron chi connectivity index (χ1n) is 9.26. The normalized spacial score (nSPS) is 27.4. The lowest BCUT2D eigenvalue weighted by Crippen LogP contribution is -2.32. The predicted octanol–water partition coefficient (Wildman–Crippen LogP) is 3.90. The van der Waals surface area contributed by atoms with Crippen molar-refractivity contribution in [1.82, 2.24) is 0 Å². The van der Waals surface area contributed by atoms with Crippen LogP contribution in [0.4, 0.5) is 11.4 Å². The first kappa shape index (κ1) is 17.2. The molecule has 1 aliphatic heterocycles.